The van der Waals surface area contributed by atoms with E-state index < -0.39 is 0 Å². The lowest BCUT2D eigenvalue weighted by molar-refractivity contribution is 0.186. The van der Waals surface area contributed by atoms with E-state index in [2.05, 4.69) is 17.0 Å². The number of benzene rings is 1. The van der Waals surface area contributed by atoms with Gasteiger partial charge >= 0.3 is 0 Å². The highest BCUT2D eigenvalue weighted by Gasteiger charge is 2.20. The fourth-order valence-electron chi connectivity index (χ4n) is 2.52. The second kappa shape index (κ2) is 7.36. The van der Waals surface area contributed by atoms with Crippen LogP contribution in [0.25, 0.3) is 0 Å². The van der Waals surface area contributed by atoms with E-state index in [1.54, 1.807) is 7.11 Å². The molecular formula is C15H24N2O2. The number of ether oxygens (including phenoxy) is 2. The zero-order chi connectivity index (χ0) is 13.5. The molecule has 106 valence electrons. The molecule has 19 heavy (non-hydrogen) atoms. The van der Waals surface area contributed by atoms with Crippen LogP contribution in [0.3, 0.4) is 0 Å². The normalized spacial score (nSPS) is 18.5. The quantitative estimate of drug-likeness (QED) is 0.817. The topological polar surface area (TPSA) is 47.7 Å². The van der Waals surface area contributed by atoms with Gasteiger partial charge in [0.05, 0.1) is 19.4 Å². The second-order valence-corrected chi connectivity index (χ2v) is 4.99. The second-order valence-electron chi connectivity index (χ2n) is 4.99. The molecule has 0 saturated carbocycles. The van der Waals surface area contributed by atoms with Gasteiger partial charge in [0.25, 0.3) is 0 Å². The monoisotopic (exact) mass is 264 g/mol. The number of methoxy groups -OCH3 is 1. The molecule has 0 amide bonds. The average molecular weight is 264 g/mol. The minimum absolute atomic E-state index is 0.614. The van der Waals surface area contributed by atoms with Gasteiger partial charge in [-0.3, -0.25) is 0 Å². The van der Waals surface area contributed by atoms with E-state index >= 15 is 0 Å². The Balaban J connectivity index is 2.10. The fourth-order valence-corrected chi connectivity index (χ4v) is 2.52. The van der Waals surface area contributed by atoms with Crippen LogP contribution >= 0.6 is 0 Å². The third-order valence-corrected chi connectivity index (χ3v) is 3.56. The van der Waals surface area contributed by atoms with E-state index in [0.717, 1.165) is 50.6 Å². The summed E-state index contributed by atoms with van der Waals surface area (Å²) in [5.41, 5.74) is 6.81. The SMILES string of the molecule is COc1ccccc1N(CCCN)CC1CCOC1. The van der Waals surface area contributed by atoms with Gasteiger partial charge in [0.1, 0.15) is 5.75 Å². The Hall–Kier alpha value is -1.26. The smallest absolute Gasteiger partial charge is 0.142 e. The molecule has 0 aromatic heterocycles. The number of hydrogen-bond donors (Lipinski definition) is 1. The van der Waals surface area contributed by atoms with Crippen molar-refractivity contribution in [2.75, 3.05) is 44.9 Å². The molecule has 1 heterocycles. The zero-order valence-electron chi connectivity index (χ0n) is 11.7. The van der Waals surface area contributed by atoms with Crippen LogP contribution in [0.4, 0.5) is 5.69 Å². The lowest BCUT2D eigenvalue weighted by Gasteiger charge is -2.28. The number of hydrogen-bond acceptors (Lipinski definition) is 4. The van der Waals surface area contributed by atoms with Gasteiger partial charge in [-0.2, -0.15) is 0 Å². The van der Waals surface area contributed by atoms with Gasteiger partial charge in [-0.05, 0) is 31.5 Å². The molecule has 1 unspecified atom stereocenters. The predicted octanol–water partition coefficient (Wildman–Crippen LogP) is 1.89. The lowest BCUT2D eigenvalue weighted by Crippen LogP contribution is -2.32. The highest BCUT2D eigenvalue weighted by Crippen LogP contribution is 2.29. The van der Waals surface area contributed by atoms with Gasteiger partial charge < -0.3 is 20.1 Å². The molecule has 1 aliphatic heterocycles. The Bertz CT molecular complexity index is 378. The minimum Gasteiger partial charge on any atom is -0.495 e. The first-order chi connectivity index (χ1) is 9.35. The molecule has 1 aromatic rings. The summed E-state index contributed by atoms with van der Waals surface area (Å²) in [5, 5.41) is 0. The Kier molecular flexibility index (Phi) is 5.48. The molecule has 1 aromatic carbocycles. The molecule has 0 aliphatic carbocycles. The molecule has 4 nitrogen and oxygen atoms in total. The Morgan fingerprint density at radius 1 is 1.42 bits per heavy atom. The van der Waals surface area contributed by atoms with Crippen LogP contribution in [0.1, 0.15) is 12.8 Å². The van der Waals surface area contributed by atoms with Crippen molar-refractivity contribution in [2.45, 2.75) is 12.8 Å². The molecule has 2 rings (SSSR count). The van der Waals surface area contributed by atoms with E-state index in [-0.39, 0.29) is 0 Å². The summed E-state index contributed by atoms with van der Waals surface area (Å²) < 4.78 is 10.9. The van der Waals surface area contributed by atoms with Crippen LogP contribution in [-0.4, -0.2) is 40.0 Å². The summed E-state index contributed by atoms with van der Waals surface area (Å²) >= 11 is 0. The van der Waals surface area contributed by atoms with Crippen molar-refractivity contribution < 1.29 is 9.47 Å². The lowest BCUT2D eigenvalue weighted by atomic mass is 10.1. The van der Waals surface area contributed by atoms with Crippen molar-refractivity contribution in [2.24, 2.45) is 11.7 Å². The van der Waals surface area contributed by atoms with E-state index in [4.69, 9.17) is 15.2 Å². The molecule has 1 atom stereocenters. The summed E-state index contributed by atoms with van der Waals surface area (Å²) in [6.07, 6.45) is 2.14. The number of nitrogens with zero attached hydrogens (tertiary/aromatic N) is 1. The van der Waals surface area contributed by atoms with Crippen LogP contribution in [0, 0.1) is 5.92 Å². The van der Waals surface area contributed by atoms with Crippen molar-refractivity contribution in [3.8, 4) is 5.75 Å². The predicted molar refractivity (Wildman–Crippen MR) is 77.8 cm³/mol. The number of para-hydroxylation sites is 2. The molecule has 1 fully saturated rings. The standard InChI is InChI=1S/C15H24N2O2/c1-18-15-6-3-2-5-14(15)17(9-4-8-16)11-13-7-10-19-12-13/h2-3,5-6,13H,4,7-12,16H2,1H3. The van der Waals surface area contributed by atoms with Crippen molar-refractivity contribution in [1.82, 2.24) is 0 Å². The average Bonchev–Trinajstić information content (AvgIpc) is 2.96. The fraction of sp³-hybridized carbons (Fsp3) is 0.600. The minimum atomic E-state index is 0.614. The molecule has 1 aliphatic rings. The van der Waals surface area contributed by atoms with Crippen LogP contribution in [0.15, 0.2) is 24.3 Å². The highest BCUT2D eigenvalue weighted by molar-refractivity contribution is 5.58. The summed E-state index contributed by atoms with van der Waals surface area (Å²) in [5.74, 6) is 1.54. The maximum absolute atomic E-state index is 5.65. The molecule has 0 bridgehead atoms. The highest BCUT2D eigenvalue weighted by atomic mass is 16.5. The van der Waals surface area contributed by atoms with Crippen LogP contribution in [0.2, 0.25) is 0 Å². The molecular weight excluding hydrogens is 240 g/mol. The zero-order valence-corrected chi connectivity index (χ0v) is 11.7. The van der Waals surface area contributed by atoms with Gasteiger partial charge in [0.2, 0.25) is 0 Å². The third-order valence-electron chi connectivity index (χ3n) is 3.56. The van der Waals surface area contributed by atoms with Gasteiger partial charge in [0, 0.05) is 25.6 Å². The van der Waals surface area contributed by atoms with Gasteiger partial charge in [0.15, 0.2) is 0 Å². The first-order valence-electron chi connectivity index (χ1n) is 7.01. The van der Waals surface area contributed by atoms with Crippen molar-refractivity contribution in [3.63, 3.8) is 0 Å². The summed E-state index contributed by atoms with van der Waals surface area (Å²) in [7, 11) is 1.72. The third kappa shape index (κ3) is 3.85. The molecule has 1 saturated heterocycles. The molecule has 0 spiro atoms. The molecule has 4 heteroatoms. The Labute approximate surface area is 115 Å². The summed E-state index contributed by atoms with van der Waals surface area (Å²) in [6.45, 7) is 4.45. The van der Waals surface area contributed by atoms with Gasteiger partial charge in [-0.15, -0.1) is 0 Å². The van der Waals surface area contributed by atoms with Crippen molar-refractivity contribution in [1.29, 1.82) is 0 Å². The Morgan fingerprint density at radius 2 is 2.26 bits per heavy atom. The van der Waals surface area contributed by atoms with E-state index in [0.29, 0.717) is 12.5 Å². The first kappa shape index (κ1) is 14.2. The van der Waals surface area contributed by atoms with Crippen LogP contribution in [0.5, 0.6) is 5.75 Å². The van der Waals surface area contributed by atoms with E-state index in [1.165, 1.54) is 0 Å². The maximum atomic E-state index is 5.65. The largest absolute Gasteiger partial charge is 0.495 e. The molecule has 0 radical (unpaired) electrons. The summed E-state index contributed by atoms with van der Waals surface area (Å²) in [4.78, 5) is 2.38. The van der Waals surface area contributed by atoms with Crippen molar-refractivity contribution >= 4 is 5.69 Å². The van der Waals surface area contributed by atoms with Crippen molar-refractivity contribution in [3.05, 3.63) is 24.3 Å². The van der Waals surface area contributed by atoms with Crippen LogP contribution < -0.4 is 15.4 Å². The molecule has 2 N–H and O–H groups in total. The maximum Gasteiger partial charge on any atom is 0.142 e. The van der Waals surface area contributed by atoms with Gasteiger partial charge in [-0.1, -0.05) is 12.1 Å². The number of rotatable bonds is 7. The van der Waals surface area contributed by atoms with Gasteiger partial charge in [-0.25, -0.2) is 0 Å². The Morgan fingerprint density at radius 3 is 2.95 bits per heavy atom. The van der Waals surface area contributed by atoms with Crippen LogP contribution in [-0.2, 0) is 4.74 Å². The number of anilines is 1. The van der Waals surface area contributed by atoms with E-state index in [9.17, 15) is 0 Å². The van der Waals surface area contributed by atoms with E-state index in [1.807, 2.05) is 12.1 Å². The number of nitrogens with two attached hydrogens (primary N) is 1. The first-order valence-corrected chi connectivity index (χ1v) is 7.01. The summed E-state index contributed by atoms with van der Waals surface area (Å²) in [6, 6.07) is 8.18.